The second kappa shape index (κ2) is 5.65. The fourth-order valence-electron chi connectivity index (χ4n) is 2.06. The van der Waals surface area contributed by atoms with E-state index in [0.29, 0.717) is 6.42 Å². The summed E-state index contributed by atoms with van der Waals surface area (Å²) >= 11 is 0. The molecule has 0 aliphatic carbocycles. The summed E-state index contributed by atoms with van der Waals surface area (Å²) in [6, 6.07) is 7.47. The van der Waals surface area contributed by atoms with Crippen molar-refractivity contribution in [2.24, 2.45) is 0 Å². The van der Waals surface area contributed by atoms with Crippen LogP contribution in [0.25, 0.3) is 0 Å². The molecule has 0 aliphatic heterocycles. The molecule has 0 saturated carbocycles. The Kier molecular flexibility index (Phi) is 4.12. The van der Waals surface area contributed by atoms with Crippen LogP contribution in [-0.4, -0.2) is 0 Å². The topological polar surface area (TPSA) is 0 Å². The zero-order valence-electron chi connectivity index (χ0n) is 11.2. The van der Waals surface area contributed by atoms with Crippen LogP contribution in [0.4, 0.5) is 17.6 Å². The molecule has 2 aromatic rings. The Hall–Kier alpha value is -1.84. The van der Waals surface area contributed by atoms with Crippen molar-refractivity contribution in [3.63, 3.8) is 0 Å². The molecule has 0 nitrogen and oxygen atoms in total. The van der Waals surface area contributed by atoms with Crippen molar-refractivity contribution in [3.8, 4) is 0 Å². The summed E-state index contributed by atoms with van der Waals surface area (Å²) < 4.78 is 53.9. The Morgan fingerprint density at radius 3 is 1.90 bits per heavy atom. The van der Waals surface area contributed by atoms with Crippen molar-refractivity contribution >= 4 is 0 Å². The summed E-state index contributed by atoms with van der Waals surface area (Å²) in [4.78, 5) is 0. The fraction of sp³-hybridized carbons (Fsp3) is 0.250. The maximum Gasteiger partial charge on any atom is 0.195 e. The van der Waals surface area contributed by atoms with Crippen molar-refractivity contribution in [2.75, 3.05) is 0 Å². The Morgan fingerprint density at radius 2 is 1.30 bits per heavy atom. The Balaban J connectivity index is 2.28. The van der Waals surface area contributed by atoms with Crippen LogP contribution in [0.1, 0.15) is 22.3 Å². The second-order valence-electron chi connectivity index (χ2n) is 4.85. The first-order chi connectivity index (χ1) is 9.41. The van der Waals surface area contributed by atoms with Crippen molar-refractivity contribution < 1.29 is 17.6 Å². The Bertz CT molecular complexity index is 601. The number of aryl methyl sites for hydroxylation is 2. The maximum absolute atomic E-state index is 13.8. The van der Waals surface area contributed by atoms with Crippen LogP contribution in [0.15, 0.2) is 24.3 Å². The van der Waals surface area contributed by atoms with Crippen LogP contribution in [-0.2, 0) is 12.8 Å². The van der Waals surface area contributed by atoms with E-state index in [9.17, 15) is 17.6 Å². The number of benzene rings is 2. The van der Waals surface area contributed by atoms with E-state index in [4.69, 9.17) is 0 Å². The van der Waals surface area contributed by atoms with Crippen LogP contribution >= 0.6 is 0 Å². The zero-order chi connectivity index (χ0) is 14.9. The van der Waals surface area contributed by atoms with Crippen LogP contribution < -0.4 is 0 Å². The molecule has 0 bridgehead atoms. The molecule has 2 aromatic carbocycles. The third-order valence-electron chi connectivity index (χ3n) is 3.36. The van der Waals surface area contributed by atoms with Gasteiger partial charge in [-0.15, -0.1) is 0 Å². The molecule has 0 heterocycles. The van der Waals surface area contributed by atoms with E-state index < -0.39 is 34.4 Å². The third-order valence-corrected chi connectivity index (χ3v) is 3.36. The van der Waals surface area contributed by atoms with Gasteiger partial charge in [0, 0.05) is 11.1 Å². The highest BCUT2D eigenvalue weighted by Gasteiger charge is 2.22. The summed E-state index contributed by atoms with van der Waals surface area (Å²) in [7, 11) is 0. The Labute approximate surface area is 115 Å². The highest BCUT2D eigenvalue weighted by molar-refractivity contribution is 5.31. The molecule has 0 N–H and O–H groups in total. The fourth-order valence-corrected chi connectivity index (χ4v) is 2.06. The van der Waals surface area contributed by atoms with Gasteiger partial charge in [-0.3, -0.25) is 0 Å². The van der Waals surface area contributed by atoms with E-state index in [0.717, 1.165) is 18.1 Å². The average Bonchev–Trinajstić information content (AvgIpc) is 2.45. The molecule has 2 rings (SSSR count). The van der Waals surface area contributed by atoms with Gasteiger partial charge in [-0.2, -0.15) is 0 Å². The van der Waals surface area contributed by atoms with Gasteiger partial charge in [-0.05, 0) is 32.3 Å². The van der Waals surface area contributed by atoms with Crippen LogP contribution in [0.5, 0.6) is 0 Å². The quantitative estimate of drug-likeness (QED) is 0.437. The summed E-state index contributed by atoms with van der Waals surface area (Å²) in [5, 5.41) is 0. The smallest absolute Gasteiger partial charge is 0.195 e. The first-order valence-electron chi connectivity index (χ1n) is 6.28. The lowest BCUT2D eigenvalue weighted by Gasteiger charge is -2.10. The third kappa shape index (κ3) is 2.69. The summed E-state index contributed by atoms with van der Waals surface area (Å²) in [6.45, 7) is 3.03. The van der Waals surface area contributed by atoms with E-state index in [1.165, 1.54) is 0 Å². The van der Waals surface area contributed by atoms with Gasteiger partial charge >= 0.3 is 0 Å². The average molecular weight is 282 g/mol. The lowest BCUT2D eigenvalue weighted by Crippen LogP contribution is -2.07. The largest absolute Gasteiger partial charge is 0.206 e. The van der Waals surface area contributed by atoms with Gasteiger partial charge in [0.15, 0.2) is 17.5 Å². The molecule has 0 aromatic heterocycles. The number of halogens is 4. The first kappa shape index (κ1) is 14.6. The second-order valence-corrected chi connectivity index (χ2v) is 4.85. The Morgan fingerprint density at radius 1 is 0.700 bits per heavy atom. The lowest BCUT2D eigenvalue weighted by molar-refractivity contribution is 0.418. The SMILES string of the molecule is Cc1ccc(CCc2c(F)c(C)c(F)c(F)c2F)cc1. The molecular weight excluding hydrogens is 268 g/mol. The molecule has 0 atom stereocenters. The molecule has 0 spiro atoms. The van der Waals surface area contributed by atoms with E-state index in [2.05, 4.69) is 0 Å². The molecule has 0 amide bonds. The standard InChI is InChI=1S/C16H14F4/c1-9-3-5-11(6-4-9)7-8-12-13(17)10(2)14(18)16(20)15(12)19/h3-6H,7-8H2,1-2H3. The van der Waals surface area contributed by atoms with Crippen LogP contribution in [0, 0.1) is 37.1 Å². The van der Waals surface area contributed by atoms with Crippen LogP contribution in [0.2, 0.25) is 0 Å². The lowest BCUT2D eigenvalue weighted by atomic mass is 10.0. The van der Waals surface area contributed by atoms with E-state index in [1.807, 2.05) is 31.2 Å². The molecule has 106 valence electrons. The highest BCUT2D eigenvalue weighted by Crippen LogP contribution is 2.24. The number of hydrogen-bond acceptors (Lipinski definition) is 0. The molecule has 20 heavy (non-hydrogen) atoms. The molecule has 0 fully saturated rings. The van der Waals surface area contributed by atoms with Crippen molar-refractivity contribution in [1.82, 2.24) is 0 Å². The van der Waals surface area contributed by atoms with Crippen molar-refractivity contribution in [1.29, 1.82) is 0 Å². The van der Waals surface area contributed by atoms with E-state index in [-0.39, 0.29) is 6.42 Å². The monoisotopic (exact) mass is 282 g/mol. The number of hydrogen-bond donors (Lipinski definition) is 0. The molecule has 0 aliphatic rings. The molecule has 0 unspecified atom stereocenters. The number of rotatable bonds is 3. The summed E-state index contributed by atoms with van der Waals surface area (Å²) in [5.41, 5.74) is 1.08. The van der Waals surface area contributed by atoms with E-state index in [1.54, 1.807) is 0 Å². The van der Waals surface area contributed by atoms with Gasteiger partial charge in [0.25, 0.3) is 0 Å². The van der Waals surface area contributed by atoms with Gasteiger partial charge in [0.2, 0.25) is 0 Å². The molecule has 0 saturated heterocycles. The molecule has 0 radical (unpaired) electrons. The molecule has 4 heteroatoms. The predicted octanol–water partition coefficient (Wildman–Crippen LogP) is 4.65. The molecular formula is C16H14F4. The first-order valence-corrected chi connectivity index (χ1v) is 6.28. The summed E-state index contributed by atoms with van der Waals surface area (Å²) in [6.07, 6.45) is 0.345. The van der Waals surface area contributed by atoms with Crippen LogP contribution in [0.3, 0.4) is 0 Å². The van der Waals surface area contributed by atoms with Gasteiger partial charge in [-0.1, -0.05) is 29.8 Å². The predicted molar refractivity (Wildman–Crippen MR) is 69.6 cm³/mol. The van der Waals surface area contributed by atoms with Gasteiger partial charge < -0.3 is 0 Å². The van der Waals surface area contributed by atoms with Gasteiger partial charge in [-0.25, -0.2) is 17.6 Å². The minimum atomic E-state index is -1.61. The van der Waals surface area contributed by atoms with E-state index >= 15 is 0 Å². The minimum Gasteiger partial charge on any atom is -0.206 e. The zero-order valence-corrected chi connectivity index (χ0v) is 11.2. The van der Waals surface area contributed by atoms with Crippen molar-refractivity contribution in [2.45, 2.75) is 26.7 Å². The maximum atomic E-state index is 13.8. The van der Waals surface area contributed by atoms with Gasteiger partial charge in [0.05, 0.1) is 0 Å². The summed E-state index contributed by atoms with van der Waals surface area (Å²) in [5.74, 6) is -5.51. The highest BCUT2D eigenvalue weighted by atomic mass is 19.2. The van der Waals surface area contributed by atoms with Crippen molar-refractivity contribution in [3.05, 3.63) is 69.8 Å². The minimum absolute atomic E-state index is 0.0151. The van der Waals surface area contributed by atoms with Gasteiger partial charge in [0.1, 0.15) is 5.82 Å². The normalized spacial score (nSPS) is 10.9.